The molecule has 1 N–H and O–H groups in total. The topological polar surface area (TPSA) is 73.1 Å². The number of benzene rings is 4. The van der Waals surface area contributed by atoms with Crippen LogP contribution in [-0.2, 0) is 6.61 Å². The molecule has 5 aromatic rings. The zero-order valence-electron chi connectivity index (χ0n) is 18.5. The third kappa shape index (κ3) is 4.47. The van der Waals surface area contributed by atoms with Crippen molar-refractivity contribution < 1.29 is 18.7 Å². The van der Waals surface area contributed by atoms with Crippen molar-refractivity contribution in [2.45, 2.75) is 6.61 Å². The number of furan rings is 1. The normalized spacial score (nSPS) is 11.2. The van der Waals surface area contributed by atoms with Gasteiger partial charge in [-0.25, -0.2) is 5.43 Å². The Balaban J connectivity index is 1.27. The zero-order valence-corrected chi connectivity index (χ0v) is 18.5. The molecule has 0 aliphatic rings. The summed E-state index contributed by atoms with van der Waals surface area (Å²) >= 11 is 0. The highest BCUT2D eigenvalue weighted by molar-refractivity contribution is 6.08. The van der Waals surface area contributed by atoms with E-state index in [1.165, 1.54) is 0 Å². The minimum atomic E-state index is -0.425. The zero-order chi connectivity index (χ0) is 23.3. The molecule has 0 radical (unpaired) electrons. The van der Waals surface area contributed by atoms with Crippen LogP contribution in [0.4, 0.5) is 0 Å². The van der Waals surface area contributed by atoms with Gasteiger partial charge in [-0.3, -0.25) is 4.79 Å². The van der Waals surface area contributed by atoms with Crippen LogP contribution in [0, 0.1) is 0 Å². The Morgan fingerprint density at radius 1 is 0.912 bits per heavy atom. The molecule has 0 atom stereocenters. The highest BCUT2D eigenvalue weighted by Crippen LogP contribution is 2.29. The van der Waals surface area contributed by atoms with E-state index < -0.39 is 5.91 Å². The summed E-state index contributed by atoms with van der Waals surface area (Å²) in [7, 11) is 1.58. The van der Waals surface area contributed by atoms with Gasteiger partial charge >= 0.3 is 5.91 Å². The lowest BCUT2D eigenvalue weighted by Gasteiger charge is -2.11. The first-order chi connectivity index (χ1) is 16.7. The molecule has 1 amide bonds. The smallest absolute Gasteiger partial charge is 0.307 e. The predicted octanol–water partition coefficient (Wildman–Crippen LogP) is 5.94. The van der Waals surface area contributed by atoms with E-state index in [-0.39, 0.29) is 5.76 Å². The van der Waals surface area contributed by atoms with E-state index in [1.807, 2.05) is 78.9 Å². The molecule has 6 heteroatoms. The second-order valence-corrected chi connectivity index (χ2v) is 7.69. The molecule has 6 nitrogen and oxygen atoms in total. The van der Waals surface area contributed by atoms with Gasteiger partial charge in [0.1, 0.15) is 12.2 Å². The number of fused-ring (bicyclic) bond motifs is 3. The van der Waals surface area contributed by atoms with Gasteiger partial charge in [-0.15, -0.1) is 0 Å². The van der Waals surface area contributed by atoms with Crippen molar-refractivity contribution in [3.05, 3.63) is 108 Å². The highest BCUT2D eigenvalue weighted by Gasteiger charge is 2.13. The van der Waals surface area contributed by atoms with Crippen molar-refractivity contribution in [3.63, 3.8) is 0 Å². The van der Waals surface area contributed by atoms with Gasteiger partial charge in [0.25, 0.3) is 0 Å². The summed E-state index contributed by atoms with van der Waals surface area (Å²) in [5, 5.41) is 7.08. The number of ether oxygens (including phenoxy) is 2. The summed E-state index contributed by atoms with van der Waals surface area (Å²) in [6, 6.07) is 28.9. The number of hydrogen-bond acceptors (Lipinski definition) is 5. The summed E-state index contributed by atoms with van der Waals surface area (Å²) < 4.78 is 17.1. The predicted molar refractivity (Wildman–Crippen MR) is 133 cm³/mol. The number of hydrazone groups is 1. The van der Waals surface area contributed by atoms with Gasteiger partial charge in [0.05, 0.1) is 13.3 Å². The molecule has 5 rings (SSSR count). The van der Waals surface area contributed by atoms with Gasteiger partial charge in [0, 0.05) is 5.39 Å². The third-order valence-electron chi connectivity index (χ3n) is 5.45. The Morgan fingerprint density at radius 2 is 1.74 bits per heavy atom. The summed E-state index contributed by atoms with van der Waals surface area (Å²) in [6.07, 6.45) is 1.54. The molecule has 1 heterocycles. The maximum atomic E-state index is 12.6. The number of carbonyl (C=O) groups excluding carboxylic acids is 1. The molecule has 0 spiro atoms. The quantitative estimate of drug-likeness (QED) is 0.246. The first-order valence-corrected chi connectivity index (χ1v) is 10.8. The van der Waals surface area contributed by atoms with E-state index in [1.54, 1.807) is 25.5 Å². The van der Waals surface area contributed by atoms with Gasteiger partial charge < -0.3 is 13.9 Å². The van der Waals surface area contributed by atoms with E-state index in [0.29, 0.717) is 23.7 Å². The third-order valence-corrected chi connectivity index (χ3v) is 5.45. The molecule has 0 saturated carbocycles. The fourth-order valence-electron chi connectivity index (χ4n) is 3.74. The summed E-state index contributed by atoms with van der Waals surface area (Å²) in [4.78, 5) is 12.6. The Morgan fingerprint density at radius 3 is 2.59 bits per heavy atom. The summed E-state index contributed by atoms with van der Waals surface area (Å²) in [6.45, 7) is 0.438. The summed E-state index contributed by atoms with van der Waals surface area (Å²) in [5.74, 6) is 0.981. The number of amides is 1. The first kappa shape index (κ1) is 21.3. The van der Waals surface area contributed by atoms with Crippen molar-refractivity contribution >= 4 is 33.9 Å². The molecule has 34 heavy (non-hydrogen) atoms. The van der Waals surface area contributed by atoms with E-state index >= 15 is 0 Å². The molecular weight excluding hydrogens is 428 g/mol. The van der Waals surface area contributed by atoms with Crippen molar-refractivity contribution in [1.29, 1.82) is 0 Å². The van der Waals surface area contributed by atoms with Crippen LogP contribution in [0.3, 0.4) is 0 Å². The monoisotopic (exact) mass is 450 g/mol. The highest BCUT2D eigenvalue weighted by atomic mass is 16.5. The van der Waals surface area contributed by atoms with E-state index in [2.05, 4.69) is 10.5 Å². The molecule has 0 bridgehead atoms. The maximum absolute atomic E-state index is 12.6. The second-order valence-electron chi connectivity index (χ2n) is 7.69. The van der Waals surface area contributed by atoms with Crippen molar-refractivity contribution in [2.75, 3.05) is 7.11 Å². The van der Waals surface area contributed by atoms with Gasteiger partial charge in [-0.05, 0) is 52.2 Å². The molecule has 0 aliphatic heterocycles. The lowest BCUT2D eigenvalue weighted by molar-refractivity contribution is 0.0929. The molecule has 0 fully saturated rings. The SMILES string of the molecule is COc1cc(/C=N\NC(=O)c2cc3c(ccc4ccccc43)o2)ccc1OCc1ccccc1. The summed E-state index contributed by atoms with van der Waals surface area (Å²) in [5.41, 5.74) is 4.99. The Kier molecular flexibility index (Phi) is 5.95. The van der Waals surface area contributed by atoms with Crippen LogP contribution < -0.4 is 14.9 Å². The molecule has 1 aromatic heterocycles. The molecular formula is C28H22N2O4. The van der Waals surface area contributed by atoms with E-state index in [9.17, 15) is 4.79 Å². The maximum Gasteiger partial charge on any atom is 0.307 e. The number of nitrogens with one attached hydrogen (secondary N) is 1. The van der Waals surface area contributed by atoms with Crippen LogP contribution in [0.1, 0.15) is 21.7 Å². The van der Waals surface area contributed by atoms with Crippen LogP contribution in [0.15, 0.2) is 101 Å². The number of hydrogen-bond donors (Lipinski definition) is 1. The van der Waals surface area contributed by atoms with Gasteiger partial charge in [-0.2, -0.15) is 5.10 Å². The van der Waals surface area contributed by atoms with Crippen molar-refractivity contribution in [2.24, 2.45) is 5.10 Å². The fraction of sp³-hybridized carbons (Fsp3) is 0.0714. The standard InChI is InChI=1S/C28H22N2O4/c1-32-26-15-20(11-13-25(26)33-18-19-7-3-2-4-8-19)17-29-30-28(31)27-16-23-22-10-6-5-9-21(22)12-14-24(23)34-27/h2-17H,18H2,1H3,(H,30,31)/b29-17-. The largest absolute Gasteiger partial charge is 0.493 e. The van der Waals surface area contributed by atoms with Gasteiger partial charge in [0.15, 0.2) is 17.3 Å². The van der Waals surface area contributed by atoms with Crippen molar-refractivity contribution in [1.82, 2.24) is 5.43 Å². The molecule has 0 saturated heterocycles. The fourth-order valence-corrected chi connectivity index (χ4v) is 3.74. The number of rotatable bonds is 7. The molecule has 0 aliphatic carbocycles. The minimum Gasteiger partial charge on any atom is -0.493 e. The Labute approximate surface area is 196 Å². The number of nitrogens with zero attached hydrogens (tertiary/aromatic N) is 1. The van der Waals surface area contributed by atoms with Crippen LogP contribution in [0.2, 0.25) is 0 Å². The minimum absolute atomic E-state index is 0.200. The Bertz CT molecular complexity index is 1490. The van der Waals surface area contributed by atoms with Gasteiger partial charge in [0.2, 0.25) is 0 Å². The average Bonchev–Trinajstić information content (AvgIpc) is 3.33. The van der Waals surface area contributed by atoms with Crippen LogP contribution in [0.5, 0.6) is 11.5 Å². The second kappa shape index (κ2) is 9.50. The molecule has 168 valence electrons. The molecule has 4 aromatic carbocycles. The first-order valence-electron chi connectivity index (χ1n) is 10.8. The van der Waals surface area contributed by atoms with Crippen LogP contribution in [-0.4, -0.2) is 19.2 Å². The van der Waals surface area contributed by atoms with Gasteiger partial charge in [-0.1, -0.05) is 60.7 Å². The van der Waals surface area contributed by atoms with Crippen LogP contribution >= 0.6 is 0 Å². The molecule has 0 unspecified atom stereocenters. The van der Waals surface area contributed by atoms with Crippen molar-refractivity contribution in [3.8, 4) is 11.5 Å². The van der Waals surface area contributed by atoms with E-state index in [0.717, 1.165) is 27.3 Å². The number of methoxy groups -OCH3 is 1. The van der Waals surface area contributed by atoms with Crippen LogP contribution in [0.25, 0.3) is 21.7 Å². The Hall–Kier alpha value is -4.58. The lowest BCUT2D eigenvalue weighted by Crippen LogP contribution is -2.16. The average molecular weight is 450 g/mol. The lowest BCUT2D eigenvalue weighted by atomic mass is 10.1. The number of carbonyl (C=O) groups is 1. The van der Waals surface area contributed by atoms with E-state index in [4.69, 9.17) is 13.9 Å².